The molecule has 2 aromatic heterocycles. The topological polar surface area (TPSA) is 85.2 Å². The van der Waals surface area contributed by atoms with Crippen LogP contribution in [0.1, 0.15) is 6.92 Å². The normalized spacial score (nSPS) is 13.5. The average molecular weight is 327 g/mol. The van der Waals surface area contributed by atoms with Gasteiger partial charge >= 0.3 is 5.69 Å². The summed E-state index contributed by atoms with van der Waals surface area (Å²) in [5.74, 6) is 1.48. The first-order chi connectivity index (χ1) is 11.6. The number of aromatic nitrogens is 4. The van der Waals surface area contributed by atoms with E-state index in [1.807, 2.05) is 40.7 Å². The summed E-state index contributed by atoms with van der Waals surface area (Å²) in [6.07, 6.45) is 0. The molecule has 0 aliphatic carbocycles. The fourth-order valence-corrected chi connectivity index (χ4v) is 3.07. The number of aromatic amines is 1. The van der Waals surface area contributed by atoms with Crippen LogP contribution in [0.3, 0.4) is 0 Å². The zero-order valence-electron chi connectivity index (χ0n) is 13.4. The van der Waals surface area contributed by atoms with Crippen molar-refractivity contribution < 1.29 is 4.74 Å². The molecule has 0 fully saturated rings. The molecule has 3 heterocycles. The molecule has 0 atom stereocenters. The van der Waals surface area contributed by atoms with E-state index in [-0.39, 0.29) is 0 Å². The molecule has 8 heteroatoms. The Hall–Kier alpha value is -3.03. The number of nitrogens with one attached hydrogen (secondary N) is 1. The summed E-state index contributed by atoms with van der Waals surface area (Å²) in [5.41, 5.74) is 0.932. The highest BCUT2D eigenvalue weighted by Gasteiger charge is 2.27. The molecule has 1 N–H and O–H groups in total. The van der Waals surface area contributed by atoms with Gasteiger partial charge in [-0.2, -0.15) is 4.98 Å². The Balaban J connectivity index is 1.83. The highest BCUT2D eigenvalue weighted by Crippen LogP contribution is 2.32. The van der Waals surface area contributed by atoms with Gasteiger partial charge < -0.3 is 14.2 Å². The first-order valence-electron chi connectivity index (χ1n) is 7.80. The van der Waals surface area contributed by atoms with Crippen LogP contribution >= 0.6 is 0 Å². The Labute approximate surface area is 136 Å². The van der Waals surface area contributed by atoms with E-state index in [1.54, 1.807) is 7.05 Å². The molecule has 0 unspecified atom stereocenters. The highest BCUT2D eigenvalue weighted by atomic mass is 16.5. The van der Waals surface area contributed by atoms with E-state index in [2.05, 4.69) is 9.97 Å². The summed E-state index contributed by atoms with van der Waals surface area (Å²) >= 11 is 0. The lowest BCUT2D eigenvalue weighted by molar-refractivity contribution is 0.340. The Morgan fingerprint density at radius 3 is 2.67 bits per heavy atom. The molecule has 1 aromatic carbocycles. The van der Waals surface area contributed by atoms with Crippen molar-refractivity contribution in [1.82, 2.24) is 19.1 Å². The van der Waals surface area contributed by atoms with Crippen molar-refractivity contribution in [3.63, 3.8) is 0 Å². The number of nitrogens with zero attached hydrogens (tertiary/aromatic N) is 4. The standard InChI is InChI=1S/C16H17N5O3/c1-3-24-11-6-4-10(5-7-11)20-8-9-21-12-13(17-15(20)21)19(2)16(23)18-14(12)22/h4-7H,3,8-9H2,1-2H3,(H,18,22,23). The molecule has 0 spiro atoms. The summed E-state index contributed by atoms with van der Waals surface area (Å²) in [4.78, 5) is 32.8. The van der Waals surface area contributed by atoms with Crippen molar-refractivity contribution >= 4 is 22.8 Å². The lowest BCUT2D eigenvalue weighted by Gasteiger charge is -2.16. The third-order valence-electron chi connectivity index (χ3n) is 4.23. The number of rotatable bonds is 3. The van der Waals surface area contributed by atoms with Crippen molar-refractivity contribution in [3.8, 4) is 5.75 Å². The van der Waals surface area contributed by atoms with Gasteiger partial charge in [-0.15, -0.1) is 0 Å². The van der Waals surface area contributed by atoms with Crippen LogP contribution in [0.5, 0.6) is 5.75 Å². The Kier molecular flexibility index (Phi) is 3.19. The molecule has 0 radical (unpaired) electrons. The molecular weight excluding hydrogens is 310 g/mol. The van der Waals surface area contributed by atoms with Crippen molar-refractivity contribution in [1.29, 1.82) is 0 Å². The van der Waals surface area contributed by atoms with Gasteiger partial charge in [-0.25, -0.2) is 4.79 Å². The molecule has 0 saturated carbocycles. The maximum Gasteiger partial charge on any atom is 0.329 e. The Morgan fingerprint density at radius 1 is 1.21 bits per heavy atom. The SMILES string of the molecule is CCOc1ccc(N2CCn3c2nc2c3c(=O)[nH]c(=O)n2C)cc1. The van der Waals surface area contributed by atoms with Crippen LogP contribution < -0.4 is 20.9 Å². The third kappa shape index (κ3) is 2.03. The fraction of sp³-hybridized carbons (Fsp3) is 0.312. The van der Waals surface area contributed by atoms with Crippen molar-refractivity contribution in [2.45, 2.75) is 13.5 Å². The van der Waals surface area contributed by atoms with Gasteiger partial charge in [0.05, 0.1) is 6.61 Å². The largest absolute Gasteiger partial charge is 0.494 e. The molecule has 0 bridgehead atoms. The van der Waals surface area contributed by atoms with Gasteiger partial charge in [0.15, 0.2) is 11.2 Å². The minimum absolute atomic E-state index is 0.398. The molecule has 3 aromatic rings. The summed E-state index contributed by atoms with van der Waals surface area (Å²) in [7, 11) is 1.60. The number of H-pyrrole nitrogens is 1. The number of fused-ring (bicyclic) bond motifs is 3. The molecule has 1 aliphatic heterocycles. The smallest absolute Gasteiger partial charge is 0.329 e. The van der Waals surface area contributed by atoms with Crippen molar-refractivity contribution in [2.75, 3.05) is 18.1 Å². The molecule has 0 amide bonds. The molecule has 24 heavy (non-hydrogen) atoms. The molecule has 8 nitrogen and oxygen atoms in total. The number of benzene rings is 1. The van der Waals surface area contributed by atoms with Crippen LogP contribution in [-0.4, -0.2) is 32.3 Å². The summed E-state index contributed by atoms with van der Waals surface area (Å²) < 4.78 is 8.67. The zero-order valence-corrected chi connectivity index (χ0v) is 13.4. The second-order valence-corrected chi connectivity index (χ2v) is 5.63. The quantitative estimate of drug-likeness (QED) is 0.775. The van der Waals surface area contributed by atoms with Gasteiger partial charge in [-0.1, -0.05) is 0 Å². The summed E-state index contributed by atoms with van der Waals surface area (Å²) in [5, 5.41) is 0. The van der Waals surface area contributed by atoms with E-state index in [9.17, 15) is 9.59 Å². The average Bonchev–Trinajstić information content (AvgIpc) is 3.13. The summed E-state index contributed by atoms with van der Waals surface area (Å²) in [6.45, 7) is 3.92. The van der Waals surface area contributed by atoms with Crippen LogP contribution in [0.2, 0.25) is 0 Å². The predicted molar refractivity (Wildman–Crippen MR) is 90.2 cm³/mol. The number of ether oxygens (including phenoxy) is 1. The molecule has 4 rings (SSSR count). The Morgan fingerprint density at radius 2 is 1.96 bits per heavy atom. The molecule has 1 aliphatic rings. The van der Waals surface area contributed by atoms with Gasteiger partial charge in [-0.3, -0.25) is 14.3 Å². The zero-order chi connectivity index (χ0) is 16.8. The number of aryl methyl sites for hydroxylation is 1. The molecule has 124 valence electrons. The number of anilines is 2. The second-order valence-electron chi connectivity index (χ2n) is 5.63. The van der Waals surface area contributed by atoms with Crippen LogP contribution in [0.15, 0.2) is 33.9 Å². The van der Waals surface area contributed by atoms with E-state index >= 15 is 0 Å². The van der Waals surface area contributed by atoms with Crippen LogP contribution in [0, 0.1) is 0 Å². The van der Waals surface area contributed by atoms with Gasteiger partial charge in [0.2, 0.25) is 5.95 Å². The number of hydrogen-bond acceptors (Lipinski definition) is 5. The third-order valence-corrected chi connectivity index (χ3v) is 4.23. The van der Waals surface area contributed by atoms with Crippen LogP contribution in [0.25, 0.3) is 11.2 Å². The maximum absolute atomic E-state index is 12.2. The molecule has 0 saturated heterocycles. The maximum atomic E-state index is 12.2. The first-order valence-corrected chi connectivity index (χ1v) is 7.80. The van der Waals surface area contributed by atoms with E-state index in [1.165, 1.54) is 4.57 Å². The number of imidazole rings is 1. The number of hydrogen-bond donors (Lipinski definition) is 1. The summed E-state index contributed by atoms with van der Waals surface area (Å²) in [6, 6.07) is 7.74. The van der Waals surface area contributed by atoms with E-state index < -0.39 is 11.2 Å². The van der Waals surface area contributed by atoms with Crippen LogP contribution in [0.4, 0.5) is 11.6 Å². The fourth-order valence-electron chi connectivity index (χ4n) is 3.07. The predicted octanol–water partition coefficient (Wildman–Crippen LogP) is 0.974. The molecular formula is C16H17N5O3. The lowest BCUT2D eigenvalue weighted by atomic mass is 10.3. The van der Waals surface area contributed by atoms with Gasteiger partial charge in [-0.05, 0) is 31.2 Å². The first kappa shape index (κ1) is 14.6. The Bertz CT molecular complexity index is 1030. The van der Waals surface area contributed by atoms with E-state index in [0.717, 1.165) is 11.4 Å². The monoisotopic (exact) mass is 327 g/mol. The van der Waals surface area contributed by atoms with E-state index in [4.69, 9.17) is 4.74 Å². The van der Waals surface area contributed by atoms with Crippen molar-refractivity contribution in [3.05, 3.63) is 45.1 Å². The highest BCUT2D eigenvalue weighted by molar-refractivity contribution is 5.77. The van der Waals surface area contributed by atoms with Gasteiger partial charge in [0, 0.05) is 25.8 Å². The van der Waals surface area contributed by atoms with E-state index in [0.29, 0.717) is 36.8 Å². The lowest BCUT2D eigenvalue weighted by Crippen LogP contribution is -2.29. The minimum Gasteiger partial charge on any atom is -0.494 e. The van der Waals surface area contributed by atoms with Gasteiger partial charge in [0.1, 0.15) is 5.75 Å². The second kappa shape index (κ2) is 5.26. The van der Waals surface area contributed by atoms with Crippen molar-refractivity contribution in [2.24, 2.45) is 7.05 Å². The van der Waals surface area contributed by atoms with Crippen LogP contribution in [-0.2, 0) is 13.6 Å². The van der Waals surface area contributed by atoms with Gasteiger partial charge in [0.25, 0.3) is 5.56 Å². The minimum atomic E-state index is -0.461.